The Balaban J connectivity index is 2.88. The van der Waals surface area contributed by atoms with Crippen LogP contribution >= 0.6 is 0 Å². The zero-order valence-corrected chi connectivity index (χ0v) is 8.07. The van der Waals surface area contributed by atoms with Gasteiger partial charge in [0.2, 0.25) is 0 Å². The number of halogens is 1. The summed E-state index contributed by atoms with van der Waals surface area (Å²) in [5.41, 5.74) is 0.380. The van der Waals surface area contributed by atoms with Crippen molar-refractivity contribution in [2.45, 2.75) is 13.3 Å². The van der Waals surface area contributed by atoms with Gasteiger partial charge in [-0.2, -0.15) is 5.10 Å². The van der Waals surface area contributed by atoms with E-state index in [9.17, 15) is 9.18 Å². The van der Waals surface area contributed by atoms with E-state index < -0.39 is 11.8 Å². The highest BCUT2D eigenvalue weighted by atomic mass is 19.1. The second-order valence-corrected chi connectivity index (χ2v) is 3.13. The van der Waals surface area contributed by atoms with Crippen LogP contribution in [0, 0.1) is 5.82 Å². The minimum absolute atomic E-state index is 0.0295. The van der Waals surface area contributed by atoms with Crippen molar-refractivity contribution < 1.29 is 14.3 Å². The molecule has 0 amide bonds. The average molecular weight is 208 g/mol. The molecule has 0 aliphatic heterocycles. The molecule has 1 N–H and O–H groups in total. The lowest BCUT2D eigenvalue weighted by Gasteiger charge is -1.95. The van der Waals surface area contributed by atoms with Crippen molar-refractivity contribution in [1.29, 1.82) is 0 Å². The minimum Gasteiger partial charge on any atom is -0.478 e. The molecule has 0 saturated carbocycles. The van der Waals surface area contributed by atoms with Gasteiger partial charge in [0.25, 0.3) is 0 Å². The van der Waals surface area contributed by atoms with Gasteiger partial charge in [0.15, 0.2) is 0 Å². The highest BCUT2D eigenvalue weighted by Crippen LogP contribution is 2.19. The van der Waals surface area contributed by atoms with Gasteiger partial charge in [-0.3, -0.25) is 0 Å². The summed E-state index contributed by atoms with van der Waals surface area (Å²) in [6.45, 7) is 1.78. The van der Waals surface area contributed by atoms with Crippen LogP contribution in [0.5, 0.6) is 0 Å². The second-order valence-electron chi connectivity index (χ2n) is 3.13. The highest BCUT2D eigenvalue weighted by Gasteiger charge is 2.20. The van der Waals surface area contributed by atoms with E-state index in [1.165, 1.54) is 22.8 Å². The van der Waals surface area contributed by atoms with Crippen molar-refractivity contribution in [3.63, 3.8) is 0 Å². The Morgan fingerprint density at radius 2 is 2.40 bits per heavy atom. The van der Waals surface area contributed by atoms with Crippen LogP contribution in [0.2, 0.25) is 0 Å². The van der Waals surface area contributed by atoms with E-state index in [1.54, 1.807) is 6.92 Å². The molecule has 2 rings (SSSR count). The fraction of sp³-hybridized carbons (Fsp3) is 0.200. The molecule has 0 fully saturated rings. The number of nitrogens with zero attached hydrogens (tertiary/aromatic N) is 2. The Labute approximate surface area is 85.0 Å². The number of hydrogen-bond donors (Lipinski definition) is 1. The van der Waals surface area contributed by atoms with Gasteiger partial charge in [0.05, 0.1) is 5.69 Å². The Hall–Kier alpha value is -1.91. The first-order valence-corrected chi connectivity index (χ1v) is 4.54. The first kappa shape index (κ1) is 9.64. The number of aromatic carboxylic acids is 1. The van der Waals surface area contributed by atoms with Crippen molar-refractivity contribution in [2.75, 3.05) is 0 Å². The first-order valence-electron chi connectivity index (χ1n) is 4.54. The molecular formula is C10H9FN2O2. The lowest BCUT2D eigenvalue weighted by atomic mass is 10.1. The van der Waals surface area contributed by atoms with Gasteiger partial charge in [-0.15, -0.1) is 0 Å². The summed E-state index contributed by atoms with van der Waals surface area (Å²) in [6, 6.07) is 2.71. The molecule has 0 spiro atoms. The van der Waals surface area contributed by atoms with Crippen molar-refractivity contribution in [3.05, 3.63) is 35.4 Å². The van der Waals surface area contributed by atoms with Crippen LogP contribution in [0.4, 0.5) is 4.39 Å². The van der Waals surface area contributed by atoms with Crippen LogP contribution in [0.1, 0.15) is 23.0 Å². The maximum Gasteiger partial charge on any atom is 0.339 e. The Morgan fingerprint density at radius 1 is 1.67 bits per heavy atom. The summed E-state index contributed by atoms with van der Waals surface area (Å²) in [7, 11) is 0. The lowest BCUT2D eigenvalue weighted by molar-refractivity contribution is 0.0697. The molecule has 2 aromatic heterocycles. The number of aromatic nitrogens is 2. The van der Waals surface area contributed by atoms with Crippen LogP contribution in [0.25, 0.3) is 5.52 Å². The third kappa shape index (κ3) is 1.36. The van der Waals surface area contributed by atoms with Crippen molar-refractivity contribution >= 4 is 11.5 Å². The quantitative estimate of drug-likeness (QED) is 0.817. The van der Waals surface area contributed by atoms with Gasteiger partial charge in [-0.1, -0.05) is 6.92 Å². The Bertz CT molecular complexity index is 533. The standard InChI is InChI=1S/C10H9FN2O2/c1-2-7-8(10(14)15)9-6(11)4-3-5-13(9)12-7/h3-5H,2H2,1H3,(H,14,15). The third-order valence-electron chi connectivity index (χ3n) is 2.23. The van der Waals surface area contributed by atoms with Crippen LogP contribution in [-0.4, -0.2) is 20.7 Å². The summed E-state index contributed by atoms with van der Waals surface area (Å²) >= 11 is 0. The van der Waals surface area contributed by atoms with Crippen molar-refractivity contribution in [1.82, 2.24) is 9.61 Å². The van der Waals surface area contributed by atoms with E-state index in [-0.39, 0.29) is 11.1 Å². The molecule has 0 aliphatic rings. The summed E-state index contributed by atoms with van der Waals surface area (Å²) in [5.74, 6) is -1.71. The summed E-state index contributed by atoms with van der Waals surface area (Å²) in [5, 5.41) is 13.0. The molecule has 15 heavy (non-hydrogen) atoms. The number of carbonyl (C=O) groups is 1. The van der Waals surface area contributed by atoms with Gasteiger partial charge in [0, 0.05) is 6.20 Å². The molecule has 78 valence electrons. The highest BCUT2D eigenvalue weighted by molar-refractivity contribution is 5.97. The molecule has 5 heteroatoms. The Morgan fingerprint density at radius 3 is 3.00 bits per heavy atom. The zero-order chi connectivity index (χ0) is 11.0. The zero-order valence-electron chi connectivity index (χ0n) is 8.07. The molecular weight excluding hydrogens is 199 g/mol. The average Bonchev–Trinajstić information content (AvgIpc) is 2.57. The van der Waals surface area contributed by atoms with Crippen LogP contribution in [0.15, 0.2) is 18.3 Å². The van der Waals surface area contributed by atoms with E-state index in [0.29, 0.717) is 12.1 Å². The van der Waals surface area contributed by atoms with Gasteiger partial charge in [0.1, 0.15) is 16.9 Å². The fourth-order valence-corrected chi connectivity index (χ4v) is 1.58. The number of aryl methyl sites for hydroxylation is 1. The van der Waals surface area contributed by atoms with Crippen LogP contribution in [0.3, 0.4) is 0 Å². The van der Waals surface area contributed by atoms with E-state index in [1.807, 2.05) is 0 Å². The molecule has 0 unspecified atom stereocenters. The molecule has 0 radical (unpaired) electrons. The van der Waals surface area contributed by atoms with E-state index in [4.69, 9.17) is 5.11 Å². The predicted molar refractivity (Wildman–Crippen MR) is 51.5 cm³/mol. The molecule has 0 bridgehead atoms. The van der Waals surface area contributed by atoms with Gasteiger partial charge >= 0.3 is 5.97 Å². The largest absolute Gasteiger partial charge is 0.478 e. The monoisotopic (exact) mass is 208 g/mol. The Kier molecular flexibility index (Phi) is 2.15. The SMILES string of the molecule is CCc1nn2cccc(F)c2c1C(=O)O. The molecule has 0 aliphatic carbocycles. The molecule has 4 nitrogen and oxygen atoms in total. The lowest BCUT2D eigenvalue weighted by Crippen LogP contribution is -2.00. The number of hydrogen-bond acceptors (Lipinski definition) is 2. The molecule has 2 heterocycles. The maximum absolute atomic E-state index is 13.4. The summed E-state index contributed by atoms with van der Waals surface area (Å²) in [6.07, 6.45) is 1.99. The van der Waals surface area contributed by atoms with E-state index in [0.717, 1.165) is 0 Å². The molecule has 2 aromatic rings. The summed E-state index contributed by atoms with van der Waals surface area (Å²) < 4.78 is 14.7. The fourth-order valence-electron chi connectivity index (χ4n) is 1.58. The van der Waals surface area contributed by atoms with E-state index in [2.05, 4.69) is 5.10 Å². The number of pyridine rings is 1. The van der Waals surface area contributed by atoms with Crippen molar-refractivity contribution in [3.8, 4) is 0 Å². The van der Waals surface area contributed by atoms with Crippen LogP contribution in [-0.2, 0) is 6.42 Å². The van der Waals surface area contributed by atoms with Crippen molar-refractivity contribution in [2.24, 2.45) is 0 Å². The maximum atomic E-state index is 13.4. The number of carboxylic acids is 1. The third-order valence-corrected chi connectivity index (χ3v) is 2.23. The smallest absolute Gasteiger partial charge is 0.339 e. The van der Waals surface area contributed by atoms with Crippen LogP contribution < -0.4 is 0 Å². The first-order chi connectivity index (χ1) is 7.15. The molecule has 0 atom stereocenters. The second kappa shape index (κ2) is 3.34. The molecule has 0 aromatic carbocycles. The predicted octanol–water partition coefficient (Wildman–Crippen LogP) is 1.73. The summed E-state index contributed by atoms with van der Waals surface area (Å²) in [4.78, 5) is 11.0. The minimum atomic E-state index is -1.15. The van der Waals surface area contributed by atoms with Gasteiger partial charge in [-0.25, -0.2) is 13.7 Å². The molecule has 0 saturated heterocycles. The number of carboxylic acid groups (broad SMARTS) is 1. The number of fused-ring (bicyclic) bond motifs is 1. The van der Waals surface area contributed by atoms with Gasteiger partial charge in [-0.05, 0) is 18.6 Å². The van der Waals surface area contributed by atoms with E-state index >= 15 is 0 Å². The number of rotatable bonds is 2. The van der Waals surface area contributed by atoms with Gasteiger partial charge < -0.3 is 5.11 Å². The topological polar surface area (TPSA) is 54.6 Å². The normalized spacial score (nSPS) is 10.8.